The van der Waals surface area contributed by atoms with Gasteiger partial charge in [-0.25, -0.2) is 0 Å². The number of ether oxygens (including phenoxy) is 1. The van der Waals surface area contributed by atoms with Crippen LogP contribution >= 0.6 is 0 Å². The Morgan fingerprint density at radius 3 is 2.48 bits per heavy atom. The van der Waals surface area contributed by atoms with Crippen LogP contribution in [0.2, 0.25) is 0 Å². The number of nitrogens with zero attached hydrogens (tertiary/aromatic N) is 3. The molecule has 2 aromatic rings. The molecular formula is C19H18F3N3O2. The third kappa shape index (κ3) is 4.19. The third-order valence-electron chi connectivity index (χ3n) is 4.06. The molecule has 0 N–H and O–H groups in total. The lowest BCUT2D eigenvalue weighted by Gasteiger charge is -2.16. The van der Waals surface area contributed by atoms with Gasteiger partial charge in [0.15, 0.2) is 0 Å². The summed E-state index contributed by atoms with van der Waals surface area (Å²) in [7, 11) is 1.42. The minimum atomic E-state index is -4.85. The maximum absolute atomic E-state index is 13.4. The first-order valence-electron chi connectivity index (χ1n) is 8.07. The molecule has 2 rings (SSSR count). The van der Waals surface area contributed by atoms with Gasteiger partial charge in [-0.3, -0.25) is 4.79 Å². The first-order valence-corrected chi connectivity index (χ1v) is 8.07. The lowest BCUT2D eigenvalue weighted by Crippen LogP contribution is -2.27. The second-order valence-electron chi connectivity index (χ2n) is 6.17. The molecule has 0 saturated carbocycles. The highest BCUT2D eigenvalue weighted by Crippen LogP contribution is 2.34. The molecule has 0 aliphatic carbocycles. The van der Waals surface area contributed by atoms with E-state index >= 15 is 0 Å². The molecule has 0 radical (unpaired) electrons. The van der Waals surface area contributed by atoms with Gasteiger partial charge in [-0.2, -0.15) is 28.2 Å². The van der Waals surface area contributed by atoms with Crippen molar-refractivity contribution in [2.75, 3.05) is 7.11 Å². The van der Waals surface area contributed by atoms with Crippen molar-refractivity contribution in [1.82, 2.24) is 4.68 Å². The number of methoxy groups -OCH3 is 1. The average Bonchev–Trinajstić information content (AvgIpc) is 2.61. The zero-order valence-corrected chi connectivity index (χ0v) is 15.3. The number of alkyl halides is 3. The summed E-state index contributed by atoms with van der Waals surface area (Å²) in [5.74, 6) is 0.372. The lowest BCUT2D eigenvalue weighted by molar-refractivity contribution is -0.137. The van der Waals surface area contributed by atoms with Crippen molar-refractivity contribution < 1.29 is 17.9 Å². The standard InChI is InChI=1S/C19H18F3N3O2/c1-11(2)12(3)24-25-17(13-6-5-7-14(8-13)27-4)9-16(19(20,21)22)15(10-23)18(25)26/h5-9,11H,1-4H3/b24-12+. The fraction of sp³-hybridized carbons (Fsp3) is 0.316. The van der Waals surface area contributed by atoms with Crippen LogP contribution in [0.3, 0.4) is 0 Å². The van der Waals surface area contributed by atoms with E-state index in [0.717, 1.165) is 10.7 Å². The normalized spacial score (nSPS) is 12.2. The summed E-state index contributed by atoms with van der Waals surface area (Å²) in [5, 5.41) is 13.3. The van der Waals surface area contributed by atoms with E-state index in [1.54, 1.807) is 25.1 Å². The summed E-state index contributed by atoms with van der Waals surface area (Å²) in [6.07, 6.45) is -4.85. The number of rotatable bonds is 4. The van der Waals surface area contributed by atoms with Crippen molar-refractivity contribution >= 4 is 5.71 Å². The zero-order chi connectivity index (χ0) is 20.4. The van der Waals surface area contributed by atoms with Gasteiger partial charge >= 0.3 is 6.18 Å². The molecule has 1 aromatic carbocycles. The summed E-state index contributed by atoms with van der Waals surface area (Å²) in [6, 6.07) is 8.40. The van der Waals surface area contributed by atoms with Gasteiger partial charge in [0.25, 0.3) is 5.56 Å². The molecule has 5 nitrogen and oxygen atoms in total. The van der Waals surface area contributed by atoms with Crippen molar-refractivity contribution in [2.24, 2.45) is 11.0 Å². The van der Waals surface area contributed by atoms with E-state index in [1.165, 1.54) is 19.2 Å². The van der Waals surface area contributed by atoms with E-state index in [0.29, 0.717) is 17.0 Å². The molecule has 0 spiro atoms. The van der Waals surface area contributed by atoms with E-state index in [1.807, 2.05) is 13.8 Å². The van der Waals surface area contributed by atoms with Gasteiger partial charge in [-0.05, 0) is 31.0 Å². The van der Waals surface area contributed by atoms with Gasteiger partial charge < -0.3 is 4.74 Å². The second kappa shape index (κ2) is 7.66. The summed E-state index contributed by atoms with van der Waals surface area (Å²) in [4.78, 5) is 12.7. The highest BCUT2D eigenvalue weighted by molar-refractivity contribution is 5.84. The highest BCUT2D eigenvalue weighted by atomic mass is 19.4. The van der Waals surface area contributed by atoms with E-state index in [9.17, 15) is 18.0 Å². The predicted molar refractivity (Wildman–Crippen MR) is 95.8 cm³/mol. The van der Waals surface area contributed by atoms with Crippen molar-refractivity contribution in [3.05, 3.63) is 51.8 Å². The van der Waals surface area contributed by atoms with Crippen LogP contribution in [0.25, 0.3) is 11.3 Å². The highest BCUT2D eigenvalue weighted by Gasteiger charge is 2.36. The number of nitriles is 1. The average molecular weight is 377 g/mol. The number of hydrogen-bond acceptors (Lipinski definition) is 4. The largest absolute Gasteiger partial charge is 0.497 e. The summed E-state index contributed by atoms with van der Waals surface area (Å²) < 4.78 is 46.2. The molecule has 0 atom stereocenters. The molecular weight excluding hydrogens is 359 g/mol. The maximum atomic E-state index is 13.4. The molecule has 0 aliphatic heterocycles. The lowest BCUT2D eigenvalue weighted by atomic mass is 10.0. The fourth-order valence-corrected chi connectivity index (χ4v) is 2.29. The monoisotopic (exact) mass is 377 g/mol. The topological polar surface area (TPSA) is 67.4 Å². The van der Waals surface area contributed by atoms with Crippen molar-refractivity contribution in [3.8, 4) is 23.1 Å². The van der Waals surface area contributed by atoms with Crippen LogP contribution in [0.15, 0.2) is 40.2 Å². The summed E-state index contributed by atoms with van der Waals surface area (Å²) >= 11 is 0. The van der Waals surface area contributed by atoms with Crippen LogP contribution in [-0.4, -0.2) is 17.5 Å². The smallest absolute Gasteiger partial charge is 0.417 e. The molecule has 1 heterocycles. The molecule has 27 heavy (non-hydrogen) atoms. The van der Waals surface area contributed by atoms with Crippen LogP contribution in [0, 0.1) is 17.2 Å². The Balaban J connectivity index is 2.95. The number of benzene rings is 1. The van der Waals surface area contributed by atoms with Crippen LogP contribution in [0.5, 0.6) is 5.75 Å². The van der Waals surface area contributed by atoms with Crippen molar-refractivity contribution in [3.63, 3.8) is 0 Å². The predicted octanol–water partition coefficient (Wildman–Crippen LogP) is 4.29. The zero-order valence-electron chi connectivity index (χ0n) is 15.3. The quantitative estimate of drug-likeness (QED) is 0.747. The number of hydrogen-bond donors (Lipinski definition) is 0. The first-order chi connectivity index (χ1) is 12.6. The molecule has 142 valence electrons. The fourth-order valence-electron chi connectivity index (χ4n) is 2.29. The Labute approximate surface area is 154 Å². The summed E-state index contributed by atoms with van der Waals surface area (Å²) in [5.41, 5.74) is -2.64. The van der Waals surface area contributed by atoms with Crippen LogP contribution in [0.1, 0.15) is 31.9 Å². The molecule has 0 unspecified atom stereocenters. The molecule has 0 aliphatic rings. The number of aromatic nitrogens is 1. The molecule has 1 aromatic heterocycles. The Bertz CT molecular complexity index is 983. The van der Waals surface area contributed by atoms with Gasteiger partial charge in [-0.1, -0.05) is 26.0 Å². The van der Waals surface area contributed by atoms with Gasteiger partial charge in [0.2, 0.25) is 0 Å². The van der Waals surface area contributed by atoms with Gasteiger partial charge in [0, 0.05) is 11.3 Å². The van der Waals surface area contributed by atoms with E-state index in [4.69, 9.17) is 10.00 Å². The van der Waals surface area contributed by atoms with Crippen molar-refractivity contribution in [1.29, 1.82) is 5.26 Å². The van der Waals surface area contributed by atoms with Crippen molar-refractivity contribution in [2.45, 2.75) is 26.9 Å². The van der Waals surface area contributed by atoms with Crippen LogP contribution < -0.4 is 10.3 Å². The minimum Gasteiger partial charge on any atom is -0.497 e. The van der Waals surface area contributed by atoms with E-state index in [-0.39, 0.29) is 11.6 Å². The minimum absolute atomic E-state index is 0.0390. The number of halogens is 3. The van der Waals surface area contributed by atoms with Gasteiger partial charge in [-0.15, -0.1) is 0 Å². The van der Waals surface area contributed by atoms with E-state index in [2.05, 4.69) is 5.10 Å². The summed E-state index contributed by atoms with van der Waals surface area (Å²) in [6.45, 7) is 5.34. The Morgan fingerprint density at radius 1 is 1.30 bits per heavy atom. The van der Waals surface area contributed by atoms with Crippen LogP contribution in [0.4, 0.5) is 13.2 Å². The molecule has 0 fully saturated rings. The maximum Gasteiger partial charge on any atom is 0.417 e. The second-order valence-corrected chi connectivity index (χ2v) is 6.17. The SMILES string of the molecule is COc1cccc(-c2cc(C(F)(F)F)c(C#N)c(=O)n2/N=C(\C)C(C)C)c1. The molecule has 0 amide bonds. The molecule has 0 saturated heterocycles. The molecule has 0 bridgehead atoms. The Hall–Kier alpha value is -3.08. The van der Waals surface area contributed by atoms with E-state index < -0.39 is 22.9 Å². The third-order valence-corrected chi connectivity index (χ3v) is 4.06. The Kier molecular flexibility index (Phi) is 5.74. The first kappa shape index (κ1) is 20.2. The van der Waals surface area contributed by atoms with Crippen LogP contribution in [-0.2, 0) is 6.18 Å². The van der Waals surface area contributed by atoms with Gasteiger partial charge in [0.1, 0.15) is 17.4 Å². The molecule has 8 heteroatoms. The Morgan fingerprint density at radius 2 is 1.96 bits per heavy atom. The number of pyridine rings is 1. The van der Waals surface area contributed by atoms with Gasteiger partial charge in [0.05, 0.1) is 18.4 Å².